The van der Waals surface area contributed by atoms with Gasteiger partial charge < -0.3 is 5.32 Å². The van der Waals surface area contributed by atoms with E-state index in [1.54, 1.807) is 12.5 Å². The fraction of sp³-hybridized carbons (Fsp3) is 0.200. The van der Waals surface area contributed by atoms with Gasteiger partial charge in [0.05, 0.1) is 0 Å². The molecule has 3 aromatic rings. The Morgan fingerprint density at radius 2 is 2.21 bits per heavy atom. The lowest BCUT2D eigenvalue weighted by molar-refractivity contribution is 1.00. The highest BCUT2D eigenvalue weighted by molar-refractivity contribution is 7.17. The van der Waals surface area contributed by atoms with Gasteiger partial charge in [-0.2, -0.15) is 0 Å². The smallest absolute Gasteiger partial charge is 0.129 e. The topological polar surface area (TPSA) is 37.8 Å². The molecule has 96 valence electrons. The van der Waals surface area contributed by atoms with Gasteiger partial charge in [-0.1, -0.05) is 6.07 Å². The molecule has 3 rings (SSSR count). The average molecular weight is 269 g/mol. The standard InChI is InChI=1S/C15H15N3S/c1-11-9-19-14-3-2-12(8-13(11)14)4-7-17-15-5-6-16-10-18-15/h2-3,5-6,8-10H,4,7H2,1H3,(H,16,17,18). The summed E-state index contributed by atoms with van der Waals surface area (Å²) in [5.41, 5.74) is 2.72. The van der Waals surface area contributed by atoms with E-state index in [9.17, 15) is 0 Å². The predicted molar refractivity (Wildman–Crippen MR) is 80.8 cm³/mol. The van der Waals surface area contributed by atoms with Gasteiger partial charge in [0, 0.05) is 17.4 Å². The Hall–Kier alpha value is -1.94. The third-order valence-electron chi connectivity index (χ3n) is 3.13. The van der Waals surface area contributed by atoms with Crippen molar-refractivity contribution in [1.29, 1.82) is 0 Å². The first-order valence-electron chi connectivity index (χ1n) is 6.29. The van der Waals surface area contributed by atoms with Gasteiger partial charge in [0.1, 0.15) is 12.1 Å². The Labute approximate surface area is 116 Å². The van der Waals surface area contributed by atoms with Crippen LogP contribution in [0, 0.1) is 6.92 Å². The van der Waals surface area contributed by atoms with Gasteiger partial charge in [-0.15, -0.1) is 11.3 Å². The first-order chi connectivity index (χ1) is 9.33. The van der Waals surface area contributed by atoms with Gasteiger partial charge in [0.25, 0.3) is 0 Å². The third-order valence-corrected chi connectivity index (χ3v) is 4.21. The summed E-state index contributed by atoms with van der Waals surface area (Å²) < 4.78 is 1.37. The largest absolute Gasteiger partial charge is 0.370 e. The van der Waals surface area contributed by atoms with E-state index in [0.717, 1.165) is 18.8 Å². The number of thiophene rings is 1. The highest BCUT2D eigenvalue weighted by Crippen LogP contribution is 2.26. The Bertz CT molecular complexity index is 676. The van der Waals surface area contributed by atoms with E-state index in [-0.39, 0.29) is 0 Å². The summed E-state index contributed by atoms with van der Waals surface area (Å²) in [5, 5.41) is 6.90. The fourth-order valence-electron chi connectivity index (χ4n) is 2.09. The van der Waals surface area contributed by atoms with E-state index in [2.05, 4.69) is 45.8 Å². The van der Waals surface area contributed by atoms with Crippen molar-refractivity contribution in [2.45, 2.75) is 13.3 Å². The lowest BCUT2D eigenvalue weighted by atomic mass is 10.1. The van der Waals surface area contributed by atoms with Crippen LogP contribution in [0.15, 0.2) is 42.2 Å². The molecule has 0 amide bonds. The van der Waals surface area contributed by atoms with Crippen molar-refractivity contribution in [1.82, 2.24) is 9.97 Å². The van der Waals surface area contributed by atoms with E-state index in [0.29, 0.717) is 0 Å². The lowest BCUT2D eigenvalue weighted by Crippen LogP contribution is -2.06. The zero-order chi connectivity index (χ0) is 13.1. The van der Waals surface area contributed by atoms with Gasteiger partial charge >= 0.3 is 0 Å². The summed E-state index contributed by atoms with van der Waals surface area (Å²) in [6, 6.07) is 8.60. The monoisotopic (exact) mass is 269 g/mol. The summed E-state index contributed by atoms with van der Waals surface area (Å²) >= 11 is 1.81. The molecule has 0 aliphatic heterocycles. The number of nitrogens with zero attached hydrogens (tertiary/aromatic N) is 2. The number of hydrogen-bond donors (Lipinski definition) is 1. The molecule has 0 bridgehead atoms. The molecule has 0 atom stereocenters. The Morgan fingerprint density at radius 3 is 3.05 bits per heavy atom. The average Bonchev–Trinajstić information content (AvgIpc) is 2.82. The number of fused-ring (bicyclic) bond motifs is 1. The molecule has 0 radical (unpaired) electrons. The van der Waals surface area contributed by atoms with Crippen molar-refractivity contribution in [2.24, 2.45) is 0 Å². The number of aryl methyl sites for hydroxylation is 1. The molecule has 1 N–H and O–H groups in total. The molecule has 19 heavy (non-hydrogen) atoms. The number of rotatable bonds is 4. The SMILES string of the molecule is Cc1csc2ccc(CCNc3ccncn3)cc12. The summed E-state index contributed by atoms with van der Waals surface area (Å²) in [6.07, 6.45) is 4.30. The molecule has 0 fully saturated rings. The molecular formula is C15H15N3S. The first-order valence-corrected chi connectivity index (χ1v) is 7.17. The Kier molecular flexibility index (Phi) is 3.42. The van der Waals surface area contributed by atoms with Crippen LogP contribution < -0.4 is 5.32 Å². The molecule has 2 heterocycles. The normalized spacial score (nSPS) is 10.8. The fourth-order valence-corrected chi connectivity index (χ4v) is 3.01. The van der Waals surface area contributed by atoms with Gasteiger partial charge in [-0.25, -0.2) is 9.97 Å². The highest BCUT2D eigenvalue weighted by Gasteiger charge is 2.01. The van der Waals surface area contributed by atoms with Crippen molar-refractivity contribution in [3.8, 4) is 0 Å². The zero-order valence-corrected chi connectivity index (χ0v) is 11.6. The van der Waals surface area contributed by atoms with Gasteiger partial charge in [-0.3, -0.25) is 0 Å². The summed E-state index contributed by atoms with van der Waals surface area (Å²) in [5.74, 6) is 0.878. The highest BCUT2D eigenvalue weighted by atomic mass is 32.1. The van der Waals surface area contributed by atoms with E-state index in [1.165, 1.54) is 21.2 Å². The molecule has 4 heteroatoms. The van der Waals surface area contributed by atoms with Crippen LogP contribution in [0.4, 0.5) is 5.82 Å². The zero-order valence-electron chi connectivity index (χ0n) is 10.8. The minimum absolute atomic E-state index is 0.878. The minimum Gasteiger partial charge on any atom is -0.370 e. The third kappa shape index (κ3) is 2.74. The molecule has 3 nitrogen and oxygen atoms in total. The molecular weight excluding hydrogens is 254 g/mol. The number of benzene rings is 1. The number of hydrogen-bond acceptors (Lipinski definition) is 4. The number of anilines is 1. The van der Waals surface area contributed by atoms with Crippen molar-refractivity contribution >= 4 is 27.2 Å². The van der Waals surface area contributed by atoms with E-state index in [4.69, 9.17) is 0 Å². The maximum atomic E-state index is 4.15. The van der Waals surface area contributed by atoms with Crippen molar-refractivity contribution in [3.05, 3.63) is 53.3 Å². The molecule has 0 saturated heterocycles. The lowest BCUT2D eigenvalue weighted by Gasteiger charge is -2.05. The van der Waals surface area contributed by atoms with Gasteiger partial charge in [-0.05, 0) is 53.4 Å². The van der Waals surface area contributed by atoms with Crippen LogP contribution >= 0.6 is 11.3 Å². The Morgan fingerprint density at radius 1 is 1.26 bits per heavy atom. The molecule has 2 aromatic heterocycles. The maximum absolute atomic E-state index is 4.15. The molecule has 0 aliphatic carbocycles. The first kappa shape index (κ1) is 12.1. The van der Waals surface area contributed by atoms with Gasteiger partial charge in [0.15, 0.2) is 0 Å². The van der Waals surface area contributed by atoms with Crippen LogP contribution in [0.5, 0.6) is 0 Å². The van der Waals surface area contributed by atoms with Crippen molar-refractivity contribution in [3.63, 3.8) is 0 Å². The predicted octanol–water partition coefficient (Wildman–Crippen LogP) is 3.65. The quantitative estimate of drug-likeness (QED) is 0.785. The number of nitrogens with one attached hydrogen (secondary N) is 1. The maximum Gasteiger partial charge on any atom is 0.129 e. The number of aromatic nitrogens is 2. The van der Waals surface area contributed by atoms with E-state index >= 15 is 0 Å². The molecule has 0 saturated carbocycles. The minimum atomic E-state index is 0.878. The van der Waals surface area contributed by atoms with Crippen LogP contribution in [0.25, 0.3) is 10.1 Å². The Balaban J connectivity index is 1.67. The van der Waals surface area contributed by atoms with Crippen LogP contribution in [0.3, 0.4) is 0 Å². The van der Waals surface area contributed by atoms with E-state index < -0.39 is 0 Å². The summed E-state index contributed by atoms with van der Waals surface area (Å²) in [4.78, 5) is 8.04. The van der Waals surface area contributed by atoms with E-state index in [1.807, 2.05) is 17.4 Å². The van der Waals surface area contributed by atoms with Crippen molar-refractivity contribution in [2.75, 3.05) is 11.9 Å². The van der Waals surface area contributed by atoms with Crippen LogP contribution in [-0.2, 0) is 6.42 Å². The van der Waals surface area contributed by atoms with Crippen LogP contribution in [0.2, 0.25) is 0 Å². The second-order valence-corrected chi connectivity index (χ2v) is 5.43. The van der Waals surface area contributed by atoms with Crippen LogP contribution in [0.1, 0.15) is 11.1 Å². The second kappa shape index (κ2) is 5.36. The molecule has 1 aromatic carbocycles. The second-order valence-electron chi connectivity index (χ2n) is 4.52. The molecule has 0 aliphatic rings. The molecule has 0 unspecified atom stereocenters. The summed E-state index contributed by atoms with van der Waals surface area (Å²) in [7, 11) is 0. The summed E-state index contributed by atoms with van der Waals surface area (Å²) in [6.45, 7) is 3.05. The molecule has 0 spiro atoms. The van der Waals surface area contributed by atoms with Crippen molar-refractivity contribution < 1.29 is 0 Å². The van der Waals surface area contributed by atoms with Crippen LogP contribution in [-0.4, -0.2) is 16.5 Å². The van der Waals surface area contributed by atoms with Gasteiger partial charge in [0.2, 0.25) is 0 Å².